The molecule has 0 aliphatic heterocycles. The number of hydrogen-bond donors (Lipinski definition) is 1. The average molecular weight is 434 g/mol. The van der Waals surface area contributed by atoms with E-state index in [1.807, 2.05) is 24.3 Å². The number of aromatic nitrogens is 1. The smallest absolute Gasteiger partial charge is 0.338 e. The molecule has 0 aliphatic carbocycles. The minimum Gasteiger partial charge on any atom is -0.497 e. The highest BCUT2D eigenvalue weighted by molar-refractivity contribution is 7.89. The molecule has 1 heterocycles. The van der Waals surface area contributed by atoms with Crippen LogP contribution in [0.1, 0.15) is 16.1 Å². The van der Waals surface area contributed by atoms with E-state index >= 15 is 0 Å². The molecule has 0 saturated carbocycles. The molecule has 3 rings (SSSR count). The van der Waals surface area contributed by atoms with Crippen molar-refractivity contribution in [2.75, 3.05) is 14.2 Å². The summed E-state index contributed by atoms with van der Waals surface area (Å²) in [6.45, 7) is -0.0595. The lowest BCUT2D eigenvalue weighted by molar-refractivity contribution is 0.0468. The third-order valence-corrected chi connectivity index (χ3v) is 5.80. The average Bonchev–Trinajstić information content (AvgIpc) is 3.20. The second-order valence-electron chi connectivity index (χ2n) is 5.86. The quantitative estimate of drug-likeness (QED) is 0.568. The zero-order valence-corrected chi connectivity index (χ0v) is 17.2. The van der Waals surface area contributed by atoms with Gasteiger partial charge in [-0.3, -0.25) is 0 Å². The molecule has 0 atom stereocenters. The first-order valence-corrected chi connectivity index (χ1v) is 10.7. The summed E-state index contributed by atoms with van der Waals surface area (Å²) in [7, 11) is -1.16. The van der Waals surface area contributed by atoms with Gasteiger partial charge in [-0.2, -0.15) is 0 Å². The molecule has 0 fully saturated rings. The van der Waals surface area contributed by atoms with Crippen molar-refractivity contribution in [2.45, 2.75) is 11.5 Å². The first-order valence-electron chi connectivity index (χ1n) is 8.28. The van der Waals surface area contributed by atoms with E-state index in [1.54, 1.807) is 12.5 Å². The minimum atomic E-state index is -4.06. The zero-order chi connectivity index (χ0) is 21.0. The van der Waals surface area contributed by atoms with E-state index in [0.717, 1.165) is 22.4 Å². The van der Waals surface area contributed by atoms with Gasteiger partial charge < -0.3 is 14.2 Å². The Hall–Kier alpha value is -2.95. The fourth-order valence-electron chi connectivity index (χ4n) is 2.51. The number of rotatable bonds is 7. The highest BCUT2D eigenvalue weighted by Crippen LogP contribution is 2.27. The van der Waals surface area contributed by atoms with E-state index in [9.17, 15) is 13.2 Å². The van der Waals surface area contributed by atoms with Crippen molar-refractivity contribution in [3.63, 3.8) is 0 Å². The summed E-state index contributed by atoms with van der Waals surface area (Å²) in [5, 5.41) is 7.71. The molecule has 2 N–H and O–H groups in total. The number of thiazole rings is 1. The van der Waals surface area contributed by atoms with Gasteiger partial charge in [0, 0.05) is 10.9 Å². The molecule has 152 valence electrons. The van der Waals surface area contributed by atoms with Gasteiger partial charge in [0.25, 0.3) is 0 Å². The van der Waals surface area contributed by atoms with E-state index < -0.39 is 16.0 Å². The van der Waals surface area contributed by atoms with E-state index in [2.05, 4.69) is 4.98 Å². The van der Waals surface area contributed by atoms with E-state index in [4.69, 9.17) is 19.3 Å². The monoisotopic (exact) mass is 434 g/mol. The van der Waals surface area contributed by atoms with Gasteiger partial charge in [-0.25, -0.2) is 23.3 Å². The number of primary sulfonamides is 1. The lowest BCUT2D eigenvalue weighted by Crippen LogP contribution is -2.15. The molecule has 0 unspecified atom stereocenters. The maximum atomic E-state index is 12.3. The molecule has 1 aromatic heterocycles. The number of sulfonamides is 1. The fraction of sp³-hybridized carbons (Fsp3) is 0.158. The number of nitrogens with two attached hydrogens (primary N) is 1. The summed E-state index contributed by atoms with van der Waals surface area (Å²) < 4.78 is 38.8. The molecule has 8 nitrogen and oxygen atoms in total. The zero-order valence-electron chi connectivity index (χ0n) is 15.6. The highest BCUT2D eigenvalue weighted by Gasteiger charge is 2.19. The molecular weight excluding hydrogens is 416 g/mol. The summed E-state index contributed by atoms with van der Waals surface area (Å²) in [6, 6.07) is 11.3. The number of carbonyl (C=O) groups is 1. The van der Waals surface area contributed by atoms with Crippen LogP contribution in [0.5, 0.6) is 11.5 Å². The summed E-state index contributed by atoms with van der Waals surface area (Å²) >= 11 is 1.41. The molecule has 3 aromatic rings. The SMILES string of the molecule is COc1cccc(-c2nc(COC(=O)c3ccc(OC)c(S(N)(=O)=O)c3)cs2)c1. The van der Waals surface area contributed by atoms with Crippen LogP contribution in [0.15, 0.2) is 52.7 Å². The van der Waals surface area contributed by atoms with Crippen LogP contribution in [0.3, 0.4) is 0 Å². The van der Waals surface area contributed by atoms with Crippen LogP contribution in [0, 0.1) is 0 Å². The van der Waals surface area contributed by atoms with Crippen molar-refractivity contribution in [3.05, 3.63) is 59.1 Å². The Labute approximate surface area is 171 Å². The van der Waals surface area contributed by atoms with Crippen molar-refractivity contribution >= 4 is 27.3 Å². The topological polar surface area (TPSA) is 118 Å². The maximum absolute atomic E-state index is 12.3. The Morgan fingerprint density at radius 1 is 1.14 bits per heavy atom. The molecule has 0 aliphatic rings. The van der Waals surface area contributed by atoms with Crippen LogP contribution < -0.4 is 14.6 Å². The molecule has 0 spiro atoms. The van der Waals surface area contributed by atoms with Gasteiger partial charge >= 0.3 is 5.97 Å². The summed E-state index contributed by atoms with van der Waals surface area (Å²) in [5.74, 6) is 0.0656. The predicted molar refractivity (Wildman–Crippen MR) is 108 cm³/mol. The molecular formula is C19H18N2O6S2. The first kappa shape index (κ1) is 20.8. The Balaban J connectivity index is 1.72. The van der Waals surface area contributed by atoms with Gasteiger partial charge in [0.15, 0.2) is 0 Å². The highest BCUT2D eigenvalue weighted by atomic mass is 32.2. The normalized spacial score (nSPS) is 11.1. The fourth-order valence-corrected chi connectivity index (χ4v) is 4.04. The van der Waals surface area contributed by atoms with Crippen molar-refractivity contribution in [2.24, 2.45) is 5.14 Å². The van der Waals surface area contributed by atoms with Crippen LogP contribution in [-0.2, 0) is 21.4 Å². The lowest BCUT2D eigenvalue weighted by atomic mass is 10.2. The second-order valence-corrected chi connectivity index (χ2v) is 8.25. The number of esters is 1. The molecule has 29 heavy (non-hydrogen) atoms. The van der Waals surface area contributed by atoms with Crippen molar-refractivity contribution < 1.29 is 27.4 Å². The number of nitrogens with zero attached hydrogens (tertiary/aromatic N) is 1. The number of ether oxygens (including phenoxy) is 3. The van der Waals surface area contributed by atoms with Gasteiger partial charge in [0.1, 0.15) is 28.0 Å². The largest absolute Gasteiger partial charge is 0.497 e. The van der Waals surface area contributed by atoms with Crippen LogP contribution in [0.2, 0.25) is 0 Å². The Morgan fingerprint density at radius 2 is 1.93 bits per heavy atom. The van der Waals surface area contributed by atoms with Gasteiger partial charge in [-0.05, 0) is 30.3 Å². The molecule has 0 bridgehead atoms. The maximum Gasteiger partial charge on any atom is 0.338 e. The van der Waals surface area contributed by atoms with Crippen molar-refractivity contribution in [1.29, 1.82) is 0 Å². The van der Waals surface area contributed by atoms with Gasteiger partial charge in [-0.1, -0.05) is 12.1 Å². The Bertz CT molecular complexity index is 1140. The van der Waals surface area contributed by atoms with E-state index in [0.29, 0.717) is 5.69 Å². The lowest BCUT2D eigenvalue weighted by Gasteiger charge is -2.09. The third-order valence-electron chi connectivity index (χ3n) is 3.93. The molecule has 0 amide bonds. The van der Waals surface area contributed by atoms with Crippen LogP contribution in [0.4, 0.5) is 0 Å². The predicted octanol–water partition coefficient (Wildman–Crippen LogP) is 2.83. The summed E-state index contributed by atoms with van der Waals surface area (Å²) in [4.78, 5) is 16.5. The van der Waals surface area contributed by atoms with Gasteiger partial charge in [0.2, 0.25) is 10.0 Å². The molecule has 2 aromatic carbocycles. The standard InChI is InChI=1S/C19H18N2O6S2/c1-25-15-5-3-4-12(8-15)18-21-14(11-28-18)10-27-19(22)13-6-7-16(26-2)17(9-13)29(20,23)24/h3-9,11H,10H2,1-2H3,(H2,20,23,24). The molecule has 0 saturated heterocycles. The number of methoxy groups -OCH3 is 2. The van der Waals surface area contributed by atoms with E-state index in [-0.39, 0.29) is 22.8 Å². The van der Waals surface area contributed by atoms with Crippen molar-refractivity contribution in [1.82, 2.24) is 4.98 Å². The minimum absolute atomic E-state index is 0.0399. The number of carbonyl (C=O) groups excluding carboxylic acids is 1. The van der Waals surface area contributed by atoms with E-state index in [1.165, 1.54) is 30.6 Å². The van der Waals surface area contributed by atoms with Gasteiger partial charge in [-0.15, -0.1) is 11.3 Å². The summed E-state index contributed by atoms with van der Waals surface area (Å²) in [5.41, 5.74) is 1.50. The first-order chi connectivity index (χ1) is 13.8. The summed E-state index contributed by atoms with van der Waals surface area (Å²) in [6.07, 6.45) is 0. The van der Waals surface area contributed by atoms with Crippen LogP contribution in [0.25, 0.3) is 10.6 Å². The number of hydrogen-bond acceptors (Lipinski definition) is 8. The number of benzene rings is 2. The van der Waals surface area contributed by atoms with Gasteiger partial charge in [0.05, 0.1) is 25.5 Å². The Kier molecular flexibility index (Phi) is 6.16. The van der Waals surface area contributed by atoms with Crippen molar-refractivity contribution in [3.8, 4) is 22.1 Å². The molecule has 10 heteroatoms. The third kappa shape index (κ3) is 4.91. The van der Waals surface area contributed by atoms with Crippen LogP contribution >= 0.6 is 11.3 Å². The molecule has 0 radical (unpaired) electrons. The second kappa shape index (κ2) is 8.60. The van der Waals surface area contributed by atoms with Crippen LogP contribution in [-0.4, -0.2) is 33.6 Å². The Morgan fingerprint density at radius 3 is 2.62 bits per heavy atom.